The number of fused-ring (bicyclic) bond motifs is 4. The van der Waals surface area contributed by atoms with E-state index >= 15 is 0 Å². The summed E-state index contributed by atoms with van der Waals surface area (Å²) < 4.78 is 23.2. The van der Waals surface area contributed by atoms with Crippen molar-refractivity contribution in [3.05, 3.63) is 58.1 Å². The molecule has 2 aliphatic carbocycles. The SMILES string of the molecule is C=S1(=O)NC(=O)c2ccc3c(c2)N(C[C@@H]2CC[C@H]2[C@@](O)(CCCCO)CCC[C@H](C)[C@H]1C)C[C@@]1(CCCc2cc(Cl)ccc21)CO3. The number of rotatable bonds is 4. The van der Waals surface area contributed by atoms with Crippen molar-refractivity contribution >= 4 is 38.8 Å². The van der Waals surface area contributed by atoms with Crippen LogP contribution in [-0.4, -0.2) is 63.4 Å². The summed E-state index contributed by atoms with van der Waals surface area (Å²) in [4.78, 5) is 16.0. The van der Waals surface area contributed by atoms with Crippen molar-refractivity contribution in [3.63, 3.8) is 0 Å². The first kappa shape index (κ1) is 33.6. The van der Waals surface area contributed by atoms with E-state index in [1.54, 1.807) is 6.07 Å². The Kier molecular flexibility index (Phi) is 9.75. The first-order valence-electron chi connectivity index (χ1n) is 17.3. The number of aliphatic hydroxyl groups is 2. The van der Waals surface area contributed by atoms with Gasteiger partial charge in [-0.25, -0.2) is 4.21 Å². The molecule has 2 aromatic carbocycles. The van der Waals surface area contributed by atoms with Gasteiger partial charge in [0.2, 0.25) is 0 Å². The minimum absolute atomic E-state index is 0.0532. The average Bonchev–Trinajstić information content (AvgIpc) is 3.15. The van der Waals surface area contributed by atoms with Gasteiger partial charge < -0.3 is 19.8 Å². The minimum atomic E-state index is -2.94. The molecular weight excluding hydrogens is 620 g/mol. The number of nitrogens with zero attached hydrogens (tertiary/aromatic N) is 1. The zero-order chi connectivity index (χ0) is 32.7. The van der Waals surface area contributed by atoms with E-state index in [1.165, 1.54) is 11.1 Å². The predicted octanol–water partition coefficient (Wildman–Crippen LogP) is 6.30. The summed E-state index contributed by atoms with van der Waals surface area (Å²) in [7, 11) is -2.94. The quantitative estimate of drug-likeness (QED) is 0.261. The number of anilines is 1. The fourth-order valence-corrected chi connectivity index (χ4v) is 10.4. The fraction of sp³-hybridized carbons (Fsp3) is 0.622. The van der Waals surface area contributed by atoms with Crippen LogP contribution in [0.4, 0.5) is 5.69 Å². The third-order valence-electron chi connectivity index (χ3n) is 11.8. The molecule has 1 spiro atoms. The molecule has 0 radical (unpaired) electrons. The number of carbonyl (C=O) groups is 1. The van der Waals surface area contributed by atoms with Gasteiger partial charge in [-0.3, -0.25) is 9.52 Å². The van der Waals surface area contributed by atoms with Crippen LogP contribution in [0.2, 0.25) is 5.02 Å². The van der Waals surface area contributed by atoms with Crippen LogP contribution in [0.3, 0.4) is 0 Å². The van der Waals surface area contributed by atoms with Crippen molar-refractivity contribution in [2.24, 2.45) is 17.8 Å². The molecule has 1 fully saturated rings. The molecule has 2 aliphatic heterocycles. The van der Waals surface area contributed by atoms with Crippen molar-refractivity contribution in [2.45, 2.75) is 101 Å². The Hall–Kier alpha value is -2.26. The van der Waals surface area contributed by atoms with Crippen LogP contribution in [0.5, 0.6) is 5.75 Å². The van der Waals surface area contributed by atoms with E-state index in [2.05, 4.69) is 34.5 Å². The third kappa shape index (κ3) is 6.56. The maximum Gasteiger partial charge on any atom is 0.262 e. The van der Waals surface area contributed by atoms with Crippen LogP contribution >= 0.6 is 11.6 Å². The lowest BCUT2D eigenvalue weighted by Crippen LogP contribution is -2.53. The number of nitrogens with one attached hydrogen (secondary N) is 1. The summed E-state index contributed by atoms with van der Waals surface area (Å²) in [6.07, 6.45) is 9.43. The highest BCUT2D eigenvalue weighted by molar-refractivity contribution is 7.99. The summed E-state index contributed by atoms with van der Waals surface area (Å²) in [6.45, 7) is 6.10. The van der Waals surface area contributed by atoms with Crippen molar-refractivity contribution < 1.29 is 24.0 Å². The van der Waals surface area contributed by atoms with Crippen LogP contribution in [0.25, 0.3) is 0 Å². The molecule has 2 aromatic rings. The molecule has 0 aromatic heterocycles. The second-order valence-electron chi connectivity index (χ2n) is 14.7. The van der Waals surface area contributed by atoms with Crippen LogP contribution in [0, 0.1) is 17.8 Å². The number of halogens is 1. The molecule has 3 N–H and O–H groups in total. The van der Waals surface area contributed by atoms with E-state index in [-0.39, 0.29) is 40.9 Å². The zero-order valence-electron chi connectivity index (χ0n) is 27.4. The van der Waals surface area contributed by atoms with Crippen molar-refractivity contribution in [1.82, 2.24) is 4.72 Å². The highest BCUT2D eigenvalue weighted by Gasteiger charge is 2.48. The molecule has 9 heteroatoms. The number of unbranched alkanes of at least 4 members (excludes halogenated alkanes) is 1. The van der Waals surface area contributed by atoms with Gasteiger partial charge in [-0.2, -0.15) is 0 Å². The number of hydrogen-bond acceptors (Lipinski definition) is 6. The Bertz CT molecular complexity index is 1550. The Morgan fingerprint density at radius 1 is 1.11 bits per heavy atom. The van der Waals surface area contributed by atoms with Gasteiger partial charge in [-0.05, 0) is 136 Å². The molecule has 6 rings (SSSR count). The molecule has 252 valence electrons. The highest BCUT2D eigenvalue weighted by atomic mass is 35.5. The topological polar surface area (TPSA) is 99.1 Å². The molecule has 1 amide bonds. The highest BCUT2D eigenvalue weighted by Crippen LogP contribution is 2.50. The molecule has 1 saturated carbocycles. The van der Waals surface area contributed by atoms with Gasteiger partial charge in [0.1, 0.15) is 5.75 Å². The molecule has 7 atom stereocenters. The van der Waals surface area contributed by atoms with Gasteiger partial charge in [0, 0.05) is 40.9 Å². The van der Waals surface area contributed by atoms with E-state index in [1.807, 2.05) is 25.1 Å². The molecular formula is C37H51ClN2O5S. The Morgan fingerprint density at radius 2 is 1.93 bits per heavy atom. The lowest BCUT2D eigenvalue weighted by atomic mass is 9.61. The Balaban J connectivity index is 1.42. The second kappa shape index (κ2) is 13.3. The molecule has 2 heterocycles. The molecule has 7 nitrogen and oxygen atoms in total. The lowest BCUT2D eigenvalue weighted by molar-refractivity contribution is -0.0954. The molecule has 0 saturated heterocycles. The maximum atomic E-state index is 13.8. The summed E-state index contributed by atoms with van der Waals surface area (Å²) >= 11 is 6.45. The number of amides is 1. The number of hydrogen-bond donors (Lipinski definition) is 3. The monoisotopic (exact) mass is 670 g/mol. The largest absolute Gasteiger partial charge is 0.490 e. The number of ether oxygens (including phenoxy) is 1. The number of aryl methyl sites for hydroxylation is 1. The standard InChI is InChI=1S/C37H51ClN2O5S/c1-25-8-6-18-37(43,17-4-5-19-41)32-13-10-29(32)22-40-23-36(16-7-9-27-20-30(38)12-14-31(27)36)24-45-34-15-11-28(21-33(34)40)35(42)39-46(3,44)26(25)2/h11-12,14-15,20-21,25-26,29,32,41,43H,3-10,13,16-19,22-24H2,1-2H3,(H,39,42,44)/t25-,26+,29-,32+,36-,37+,46?/m0/s1. The van der Waals surface area contributed by atoms with Gasteiger partial charge in [0.05, 0.1) is 27.6 Å². The molecule has 46 heavy (non-hydrogen) atoms. The van der Waals surface area contributed by atoms with E-state index < -0.39 is 15.3 Å². The predicted molar refractivity (Wildman–Crippen MR) is 188 cm³/mol. The van der Waals surface area contributed by atoms with Crippen LogP contribution in [0.15, 0.2) is 36.4 Å². The van der Waals surface area contributed by atoms with Crippen LogP contribution in [0.1, 0.15) is 99.5 Å². The zero-order valence-corrected chi connectivity index (χ0v) is 29.0. The normalized spacial score (nSPS) is 34.8. The molecule has 1 unspecified atom stereocenters. The van der Waals surface area contributed by atoms with Gasteiger partial charge in [-0.15, -0.1) is 0 Å². The van der Waals surface area contributed by atoms with Gasteiger partial charge in [-0.1, -0.05) is 31.0 Å². The van der Waals surface area contributed by atoms with E-state index in [4.69, 9.17) is 16.3 Å². The van der Waals surface area contributed by atoms with Crippen molar-refractivity contribution in [2.75, 3.05) is 31.2 Å². The summed E-state index contributed by atoms with van der Waals surface area (Å²) in [6, 6.07) is 11.8. The molecule has 4 aliphatic rings. The Labute approximate surface area is 280 Å². The van der Waals surface area contributed by atoms with E-state index in [0.29, 0.717) is 31.4 Å². The first-order chi connectivity index (χ1) is 21.9. The Morgan fingerprint density at radius 3 is 2.70 bits per heavy atom. The smallest absolute Gasteiger partial charge is 0.262 e. The molecule has 2 bridgehead atoms. The van der Waals surface area contributed by atoms with Crippen molar-refractivity contribution in [1.29, 1.82) is 0 Å². The number of aliphatic hydroxyl groups excluding tert-OH is 1. The average molecular weight is 671 g/mol. The van der Waals surface area contributed by atoms with E-state index in [0.717, 1.165) is 80.9 Å². The third-order valence-corrected chi connectivity index (χ3v) is 14.2. The fourth-order valence-electron chi connectivity index (χ4n) is 8.72. The minimum Gasteiger partial charge on any atom is -0.490 e. The number of carbonyl (C=O) groups excluding carboxylic acids is 1. The van der Waals surface area contributed by atoms with Gasteiger partial charge in [0.15, 0.2) is 0 Å². The van der Waals surface area contributed by atoms with Gasteiger partial charge >= 0.3 is 0 Å². The lowest BCUT2D eigenvalue weighted by Gasteiger charge is -2.50. The van der Waals surface area contributed by atoms with Crippen LogP contribution in [-0.2, 0) is 21.5 Å². The van der Waals surface area contributed by atoms with Crippen LogP contribution < -0.4 is 14.4 Å². The van der Waals surface area contributed by atoms with Gasteiger partial charge in [0.25, 0.3) is 5.91 Å². The second-order valence-corrected chi connectivity index (χ2v) is 17.6. The maximum absolute atomic E-state index is 13.8. The summed E-state index contributed by atoms with van der Waals surface area (Å²) in [5.41, 5.74) is 2.79. The van der Waals surface area contributed by atoms with E-state index in [9.17, 15) is 19.2 Å². The summed E-state index contributed by atoms with van der Waals surface area (Å²) in [5, 5.41) is 22.3. The number of benzene rings is 2. The summed E-state index contributed by atoms with van der Waals surface area (Å²) in [5.74, 6) is 4.85. The first-order valence-corrected chi connectivity index (χ1v) is 19.4. The van der Waals surface area contributed by atoms with Crippen molar-refractivity contribution in [3.8, 4) is 5.75 Å².